The molecular formula is C16H34N2O2. The Bertz CT molecular complexity index is 241. The van der Waals surface area contributed by atoms with E-state index in [1.807, 2.05) is 0 Å². The summed E-state index contributed by atoms with van der Waals surface area (Å²) < 4.78 is 10.5. The summed E-state index contributed by atoms with van der Waals surface area (Å²) in [6.07, 6.45) is 7.56. The molecule has 0 aromatic rings. The van der Waals surface area contributed by atoms with Crippen LogP contribution in [0.25, 0.3) is 0 Å². The number of likely N-dealkylation sites (N-methyl/N-ethyl adjacent to an activating group) is 1. The minimum absolute atomic E-state index is 0.234. The van der Waals surface area contributed by atoms with Crippen LogP contribution in [-0.2, 0) is 9.47 Å². The molecule has 0 aliphatic heterocycles. The van der Waals surface area contributed by atoms with E-state index in [0.717, 1.165) is 32.0 Å². The van der Waals surface area contributed by atoms with Crippen molar-refractivity contribution < 1.29 is 9.47 Å². The lowest BCUT2D eigenvalue weighted by molar-refractivity contribution is 0.0405. The third kappa shape index (κ3) is 5.32. The summed E-state index contributed by atoms with van der Waals surface area (Å²) in [5.74, 6) is 0.917. The van der Waals surface area contributed by atoms with E-state index in [9.17, 15) is 0 Å². The van der Waals surface area contributed by atoms with Crippen LogP contribution < -0.4 is 5.73 Å². The van der Waals surface area contributed by atoms with Gasteiger partial charge >= 0.3 is 0 Å². The third-order valence-corrected chi connectivity index (χ3v) is 5.02. The second-order valence-electron chi connectivity index (χ2n) is 6.16. The molecule has 1 rings (SSSR count). The number of rotatable bonds is 10. The SMILES string of the molecule is CCC1CCC(CN)(N(C)CCCOCCOC)CC1. The van der Waals surface area contributed by atoms with E-state index in [2.05, 4.69) is 18.9 Å². The molecule has 0 atom stereocenters. The maximum Gasteiger partial charge on any atom is 0.0700 e. The molecule has 0 aromatic heterocycles. The van der Waals surface area contributed by atoms with Gasteiger partial charge in [-0.1, -0.05) is 13.3 Å². The van der Waals surface area contributed by atoms with Crippen LogP contribution in [-0.4, -0.2) is 57.5 Å². The van der Waals surface area contributed by atoms with E-state index >= 15 is 0 Å². The van der Waals surface area contributed by atoms with E-state index in [4.69, 9.17) is 15.2 Å². The van der Waals surface area contributed by atoms with Crippen LogP contribution >= 0.6 is 0 Å². The molecule has 0 radical (unpaired) electrons. The molecule has 4 heteroatoms. The topological polar surface area (TPSA) is 47.7 Å². The van der Waals surface area contributed by atoms with Gasteiger partial charge in [0.2, 0.25) is 0 Å². The Morgan fingerprint density at radius 3 is 2.45 bits per heavy atom. The van der Waals surface area contributed by atoms with E-state index in [1.54, 1.807) is 7.11 Å². The van der Waals surface area contributed by atoms with Gasteiger partial charge in [-0.25, -0.2) is 0 Å². The number of ether oxygens (including phenoxy) is 2. The first-order valence-corrected chi connectivity index (χ1v) is 8.16. The maximum absolute atomic E-state index is 6.11. The first kappa shape index (κ1) is 17.9. The standard InChI is InChI=1S/C16H34N2O2/c1-4-15-6-8-16(14-17,9-7-15)18(2)10-5-11-20-13-12-19-3/h15H,4-14,17H2,1-3H3. The molecule has 0 spiro atoms. The first-order valence-electron chi connectivity index (χ1n) is 8.16. The monoisotopic (exact) mass is 286 g/mol. The Morgan fingerprint density at radius 2 is 1.90 bits per heavy atom. The Hall–Kier alpha value is -0.160. The Morgan fingerprint density at radius 1 is 1.20 bits per heavy atom. The molecule has 0 bridgehead atoms. The van der Waals surface area contributed by atoms with Gasteiger partial charge in [-0.05, 0) is 45.1 Å². The summed E-state index contributed by atoms with van der Waals surface area (Å²) in [5.41, 5.74) is 6.34. The molecule has 1 saturated carbocycles. The van der Waals surface area contributed by atoms with Gasteiger partial charge < -0.3 is 15.2 Å². The van der Waals surface area contributed by atoms with Crippen LogP contribution in [0.5, 0.6) is 0 Å². The maximum atomic E-state index is 6.11. The summed E-state index contributed by atoms with van der Waals surface area (Å²) in [7, 11) is 3.93. The molecule has 4 nitrogen and oxygen atoms in total. The minimum Gasteiger partial charge on any atom is -0.382 e. The lowest BCUT2D eigenvalue weighted by atomic mass is 9.74. The quantitative estimate of drug-likeness (QED) is 0.626. The van der Waals surface area contributed by atoms with Crippen molar-refractivity contribution in [2.75, 3.05) is 47.1 Å². The van der Waals surface area contributed by atoms with E-state index in [-0.39, 0.29) is 5.54 Å². The van der Waals surface area contributed by atoms with Crippen LogP contribution in [0.1, 0.15) is 45.4 Å². The fourth-order valence-corrected chi connectivity index (χ4v) is 3.25. The molecule has 0 amide bonds. The molecule has 20 heavy (non-hydrogen) atoms. The molecule has 1 aliphatic carbocycles. The van der Waals surface area contributed by atoms with Crippen LogP contribution in [0, 0.1) is 5.92 Å². The van der Waals surface area contributed by atoms with Crippen molar-refractivity contribution in [1.29, 1.82) is 0 Å². The summed E-state index contributed by atoms with van der Waals surface area (Å²) in [6, 6.07) is 0. The van der Waals surface area contributed by atoms with Crippen LogP contribution in [0.15, 0.2) is 0 Å². The van der Waals surface area contributed by atoms with Crippen molar-refractivity contribution in [2.24, 2.45) is 11.7 Å². The zero-order chi connectivity index (χ0) is 14.8. The predicted molar refractivity (Wildman–Crippen MR) is 84.0 cm³/mol. The number of hydrogen-bond donors (Lipinski definition) is 1. The molecule has 0 heterocycles. The van der Waals surface area contributed by atoms with Crippen molar-refractivity contribution in [3.05, 3.63) is 0 Å². The largest absolute Gasteiger partial charge is 0.382 e. The van der Waals surface area contributed by atoms with Gasteiger partial charge in [-0.15, -0.1) is 0 Å². The molecule has 1 fully saturated rings. The lowest BCUT2D eigenvalue weighted by Crippen LogP contribution is -2.54. The predicted octanol–water partition coefficient (Wildman–Crippen LogP) is 2.27. The van der Waals surface area contributed by atoms with Crippen molar-refractivity contribution in [3.63, 3.8) is 0 Å². The van der Waals surface area contributed by atoms with E-state index < -0.39 is 0 Å². The fourth-order valence-electron chi connectivity index (χ4n) is 3.25. The Balaban J connectivity index is 2.26. The third-order valence-electron chi connectivity index (χ3n) is 5.02. The van der Waals surface area contributed by atoms with E-state index in [0.29, 0.717) is 13.2 Å². The fraction of sp³-hybridized carbons (Fsp3) is 1.00. The van der Waals surface area contributed by atoms with Crippen LogP contribution in [0.3, 0.4) is 0 Å². The molecule has 2 N–H and O–H groups in total. The highest BCUT2D eigenvalue weighted by molar-refractivity contribution is 4.94. The molecule has 120 valence electrons. The first-order chi connectivity index (χ1) is 9.68. The van der Waals surface area contributed by atoms with Crippen LogP contribution in [0.4, 0.5) is 0 Å². The Kier molecular flexibility index (Phi) is 8.69. The molecule has 1 aliphatic rings. The second-order valence-corrected chi connectivity index (χ2v) is 6.16. The van der Waals surface area contributed by atoms with Gasteiger partial charge in [0.15, 0.2) is 0 Å². The number of hydrogen-bond acceptors (Lipinski definition) is 4. The van der Waals surface area contributed by atoms with Crippen molar-refractivity contribution in [1.82, 2.24) is 4.90 Å². The molecule has 0 aromatic carbocycles. The number of methoxy groups -OCH3 is 1. The highest BCUT2D eigenvalue weighted by Gasteiger charge is 2.36. The molecular weight excluding hydrogens is 252 g/mol. The van der Waals surface area contributed by atoms with Gasteiger partial charge in [0.25, 0.3) is 0 Å². The normalized spacial score (nSPS) is 27.1. The number of nitrogens with two attached hydrogens (primary N) is 1. The smallest absolute Gasteiger partial charge is 0.0700 e. The number of nitrogens with zero attached hydrogens (tertiary/aromatic N) is 1. The van der Waals surface area contributed by atoms with Gasteiger partial charge in [-0.3, -0.25) is 4.90 Å². The van der Waals surface area contributed by atoms with Crippen molar-refractivity contribution >= 4 is 0 Å². The van der Waals surface area contributed by atoms with Crippen molar-refractivity contribution in [2.45, 2.75) is 51.0 Å². The van der Waals surface area contributed by atoms with Crippen molar-refractivity contribution in [3.8, 4) is 0 Å². The van der Waals surface area contributed by atoms with Gasteiger partial charge in [0.1, 0.15) is 0 Å². The van der Waals surface area contributed by atoms with Crippen LogP contribution in [0.2, 0.25) is 0 Å². The van der Waals surface area contributed by atoms with Gasteiger partial charge in [-0.2, -0.15) is 0 Å². The highest BCUT2D eigenvalue weighted by Crippen LogP contribution is 2.36. The molecule has 0 saturated heterocycles. The van der Waals surface area contributed by atoms with Gasteiger partial charge in [0.05, 0.1) is 13.2 Å². The average molecular weight is 286 g/mol. The summed E-state index contributed by atoms with van der Waals surface area (Å²) >= 11 is 0. The second kappa shape index (κ2) is 9.72. The van der Waals surface area contributed by atoms with E-state index in [1.165, 1.54) is 32.1 Å². The summed E-state index contributed by atoms with van der Waals surface area (Å²) in [5, 5.41) is 0. The highest BCUT2D eigenvalue weighted by atomic mass is 16.5. The van der Waals surface area contributed by atoms with Gasteiger partial charge in [0, 0.05) is 32.3 Å². The summed E-state index contributed by atoms with van der Waals surface area (Å²) in [6.45, 7) is 6.35. The lowest BCUT2D eigenvalue weighted by Gasteiger charge is -2.46. The zero-order valence-corrected chi connectivity index (χ0v) is 13.7. The minimum atomic E-state index is 0.234. The zero-order valence-electron chi connectivity index (χ0n) is 13.7. The summed E-state index contributed by atoms with van der Waals surface area (Å²) in [4.78, 5) is 2.48. The Labute approximate surface area is 125 Å². The molecule has 0 unspecified atom stereocenters. The average Bonchev–Trinajstić information content (AvgIpc) is 2.50.